The molecule has 2 aliphatic rings. The van der Waals surface area contributed by atoms with E-state index in [0.29, 0.717) is 12.3 Å². The molecule has 0 radical (unpaired) electrons. The molecule has 2 bridgehead atoms. The van der Waals surface area contributed by atoms with Gasteiger partial charge in [-0.3, -0.25) is 9.59 Å². The maximum Gasteiger partial charge on any atom is 0.333 e. The van der Waals surface area contributed by atoms with Gasteiger partial charge in [0.1, 0.15) is 6.10 Å². The normalized spacial score (nSPS) is 33.3. The van der Waals surface area contributed by atoms with Crippen LogP contribution in [0.1, 0.15) is 46.5 Å². The Morgan fingerprint density at radius 2 is 2.00 bits per heavy atom. The topological polar surface area (TPSA) is 69.7 Å². The number of hydrogen-bond acceptors (Lipinski definition) is 5. The van der Waals surface area contributed by atoms with E-state index in [0.717, 1.165) is 19.3 Å². The van der Waals surface area contributed by atoms with Crippen LogP contribution in [0, 0.1) is 23.7 Å². The van der Waals surface area contributed by atoms with Crippen LogP contribution < -0.4 is 0 Å². The summed E-state index contributed by atoms with van der Waals surface area (Å²) in [5.74, 6) is -0.837. The summed E-state index contributed by atoms with van der Waals surface area (Å²) >= 11 is 0. The Balaban J connectivity index is 2.11. The third-order valence-corrected chi connectivity index (χ3v) is 5.13. The summed E-state index contributed by atoms with van der Waals surface area (Å²) < 4.78 is 10.5. The molecule has 2 fully saturated rings. The molecule has 1 saturated heterocycles. The third kappa shape index (κ3) is 4.01. The molecule has 1 heterocycles. The fourth-order valence-electron chi connectivity index (χ4n) is 3.92. The van der Waals surface area contributed by atoms with E-state index < -0.39 is 18.0 Å². The Kier molecular flexibility index (Phi) is 5.60. The lowest BCUT2D eigenvalue weighted by atomic mass is 9.68. The lowest BCUT2D eigenvalue weighted by molar-refractivity contribution is -0.156. The number of esters is 2. The van der Waals surface area contributed by atoms with Crippen LogP contribution in [0.15, 0.2) is 12.2 Å². The van der Waals surface area contributed by atoms with Gasteiger partial charge in [0.25, 0.3) is 0 Å². The fraction of sp³-hybridized carbons (Fsp3) is 0.722. The minimum Gasteiger partial charge on any atom is -0.462 e. The predicted molar refractivity (Wildman–Crippen MR) is 84.4 cm³/mol. The number of ether oxygens (including phenoxy) is 2. The highest BCUT2D eigenvalue weighted by atomic mass is 16.5. The van der Waals surface area contributed by atoms with Crippen LogP contribution in [-0.2, 0) is 23.9 Å². The van der Waals surface area contributed by atoms with Crippen molar-refractivity contribution < 1.29 is 23.9 Å². The molecular formula is C18H26O5. The first kappa shape index (κ1) is 17.7. The van der Waals surface area contributed by atoms with Crippen molar-refractivity contribution >= 4 is 17.7 Å². The first-order chi connectivity index (χ1) is 10.8. The van der Waals surface area contributed by atoms with Crippen LogP contribution in [-0.4, -0.2) is 30.4 Å². The Hall–Kier alpha value is -1.65. The minimum absolute atomic E-state index is 0.100. The van der Waals surface area contributed by atoms with Crippen LogP contribution in [0.5, 0.6) is 0 Å². The predicted octanol–water partition coefficient (Wildman–Crippen LogP) is 2.68. The number of fused-ring (bicyclic) bond motifs is 2. The quantitative estimate of drug-likeness (QED) is 0.575. The van der Waals surface area contributed by atoms with E-state index in [2.05, 4.69) is 13.5 Å². The number of ketones is 1. The summed E-state index contributed by atoms with van der Waals surface area (Å²) in [4.78, 5) is 36.3. The van der Waals surface area contributed by atoms with E-state index in [4.69, 9.17) is 9.47 Å². The van der Waals surface area contributed by atoms with Crippen molar-refractivity contribution in [3.8, 4) is 0 Å². The van der Waals surface area contributed by atoms with Gasteiger partial charge in [0.05, 0.1) is 11.8 Å². The van der Waals surface area contributed by atoms with Gasteiger partial charge < -0.3 is 9.47 Å². The van der Waals surface area contributed by atoms with Crippen LogP contribution in [0.2, 0.25) is 0 Å². The van der Waals surface area contributed by atoms with Gasteiger partial charge in [0.15, 0.2) is 12.4 Å². The summed E-state index contributed by atoms with van der Waals surface area (Å²) in [5.41, 5.74) is 0.266. The summed E-state index contributed by atoms with van der Waals surface area (Å²) in [5, 5.41) is 0. The number of carbonyl (C=O) groups is 3. The molecule has 1 saturated carbocycles. The van der Waals surface area contributed by atoms with Gasteiger partial charge in [-0.15, -0.1) is 0 Å². The first-order valence-electron chi connectivity index (χ1n) is 8.39. The monoisotopic (exact) mass is 322 g/mol. The van der Waals surface area contributed by atoms with E-state index in [1.807, 2.05) is 0 Å². The molecule has 23 heavy (non-hydrogen) atoms. The Labute approximate surface area is 137 Å². The number of Topliss-reactive ketones (excluding diaryl/α,β-unsaturated/α-hetero) is 1. The summed E-state index contributed by atoms with van der Waals surface area (Å²) in [6.07, 6.45) is 3.01. The van der Waals surface area contributed by atoms with E-state index in [1.54, 1.807) is 13.8 Å². The number of cyclic esters (lactones) is 1. The van der Waals surface area contributed by atoms with Crippen molar-refractivity contribution in [2.24, 2.45) is 23.7 Å². The highest BCUT2D eigenvalue weighted by molar-refractivity contribution is 5.91. The lowest BCUT2D eigenvalue weighted by Gasteiger charge is -2.34. The standard InChI is InChI=1S/C18H26O5/c1-5-12-6-13-8-14(7-12)18(21)23-11(4)16(13)15(19)9-22-17(20)10(2)3/h11-14,16H,2,5-9H2,1,3-4H3. The maximum absolute atomic E-state index is 12.6. The van der Waals surface area contributed by atoms with Gasteiger partial charge in [0, 0.05) is 5.57 Å². The molecule has 0 amide bonds. The molecule has 1 aliphatic heterocycles. The zero-order valence-corrected chi connectivity index (χ0v) is 14.2. The van der Waals surface area contributed by atoms with E-state index in [1.165, 1.54) is 0 Å². The van der Waals surface area contributed by atoms with Gasteiger partial charge in [-0.25, -0.2) is 4.79 Å². The van der Waals surface area contributed by atoms with E-state index in [-0.39, 0.29) is 35.8 Å². The molecule has 0 aromatic carbocycles. The Morgan fingerprint density at radius 3 is 2.61 bits per heavy atom. The minimum atomic E-state index is -0.565. The molecule has 5 atom stereocenters. The number of rotatable bonds is 5. The van der Waals surface area contributed by atoms with Crippen LogP contribution in [0.25, 0.3) is 0 Å². The molecule has 128 valence electrons. The summed E-state index contributed by atoms with van der Waals surface area (Å²) in [7, 11) is 0. The molecule has 0 aromatic heterocycles. The van der Waals surface area contributed by atoms with Crippen molar-refractivity contribution in [2.75, 3.05) is 6.61 Å². The molecule has 5 heteroatoms. The average Bonchev–Trinajstić information content (AvgIpc) is 2.59. The third-order valence-electron chi connectivity index (χ3n) is 5.13. The maximum atomic E-state index is 12.6. The second kappa shape index (κ2) is 7.28. The first-order valence-corrected chi connectivity index (χ1v) is 8.39. The molecule has 2 rings (SSSR count). The second-order valence-electron chi connectivity index (χ2n) is 6.93. The zero-order chi connectivity index (χ0) is 17.1. The van der Waals surface area contributed by atoms with E-state index >= 15 is 0 Å². The Morgan fingerprint density at radius 1 is 1.30 bits per heavy atom. The van der Waals surface area contributed by atoms with Crippen molar-refractivity contribution in [3.63, 3.8) is 0 Å². The summed E-state index contributed by atoms with van der Waals surface area (Å²) in [6.45, 7) is 8.64. The molecule has 5 unspecified atom stereocenters. The average molecular weight is 322 g/mol. The Bertz CT molecular complexity index is 510. The number of hydrogen-bond donors (Lipinski definition) is 0. The molecule has 1 aliphatic carbocycles. The van der Waals surface area contributed by atoms with Crippen molar-refractivity contribution in [2.45, 2.75) is 52.6 Å². The van der Waals surface area contributed by atoms with Crippen molar-refractivity contribution in [1.82, 2.24) is 0 Å². The smallest absolute Gasteiger partial charge is 0.333 e. The van der Waals surface area contributed by atoms with E-state index in [9.17, 15) is 14.4 Å². The van der Waals surface area contributed by atoms with Crippen molar-refractivity contribution in [1.29, 1.82) is 0 Å². The second-order valence-corrected chi connectivity index (χ2v) is 6.93. The summed E-state index contributed by atoms with van der Waals surface area (Å²) in [6, 6.07) is 0. The van der Waals surface area contributed by atoms with Crippen LogP contribution in [0.3, 0.4) is 0 Å². The molecule has 0 aromatic rings. The van der Waals surface area contributed by atoms with Crippen LogP contribution >= 0.6 is 0 Å². The van der Waals surface area contributed by atoms with Gasteiger partial charge in [-0.2, -0.15) is 0 Å². The number of carbonyl (C=O) groups excluding carboxylic acids is 3. The van der Waals surface area contributed by atoms with Crippen molar-refractivity contribution in [3.05, 3.63) is 12.2 Å². The molecular weight excluding hydrogens is 296 g/mol. The van der Waals surface area contributed by atoms with Gasteiger partial charge >= 0.3 is 11.9 Å². The highest BCUT2D eigenvalue weighted by Crippen LogP contribution is 2.43. The van der Waals surface area contributed by atoms with Gasteiger partial charge in [-0.1, -0.05) is 19.9 Å². The fourth-order valence-corrected chi connectivity index (χ4v) is 3.92. The molecule has 0 N–H and O–H groups in total. The SMILES string of the molecule is C=C(C)C(=O)OCC(=O)C1C2CC(CC)CC(C2)C(=O)OC1C. The zero-order valence-electron chi connectivity index (χ0n) is 14.2. The van der Waals surface area contributed by atoms with Crippen LogP contribution in [0.4, 0.5) is 0 Å². The molecule has 5 nitrogen and oxygen atoms in total. The highest BCUT2D eigenvalue weighted by Gasteiger charge is 2.45. The van der Waals surface area contributed by atoms with Gasteiger partial charge in [0.2, 0.25) is 0 Å². The molecule has 0 spiro atoms. The lowest BCUT2D eigenvalue weighted by Crippen LogP contribution is -2.37. The largest absolute Gasteiger partial charge is 0.462 e. The van der Waals surface area contributed by atoms with Gasteiger partial charge in [-0.05, 0) is 44.9 Å².